The van der Waals surface area contributed by atoms with E-state index in [2.05, 4.69) is 96.0 Å². The van der Waals surface area contributed by atoms with Crippen LogP contribution in [0.4, 0.5) is 0 Å². The molecule has 0 N–H and O–H groups in total. The molecule has 0 amide bonds. The number of hydrogen-bond donors (Lipinski definition) is 0. The summed E-state index contributed by atoms with van der Waals surface area (Å²) in [7, 11) is -2.99. The Balaban J connectivity index is 0.00000484. The van der Waals surface area contributed by atoms with Gasteiger partial charge in [-0.25, -0.2) is 0 Å². The molecule has 0 atom stereocenters. The molecule has 0 unspecified atom stereocenters. The average Bonchev–Trinajstić information content (AvgIpc) is 2.61. The van der Waals surface area contributed by atoms with Crippen molar-refractivity contribution in [2.24, 2.45) is 0 Å². The standard InChI is InChI=1S/C10H24PSi.C5H5.4CH3.ClH.Cr/c1-9(2,3)11(12(7)8)10(4,5)6;1-2-4-5-3-1;;;;;;/h1-8H3;1-3H,4H2;4*1H3;1H;. The average molecular weight is 417 g/mol. The molecule has 0 spiro atoms. The fourth-order valence-corrected chi connectivity index (χ4v) is 50.1. The molecule has 0 heterocycles. The summed E-state index contributed by atoms with van der Waals surface area (Å²) < 4.78 is 1.80. The normalized spacial score (nSPS) is 20.0. The van der Waals surface area contributed by atoms with Crippen molar-refractivity contribution in [1.29, 1.82) is 0 Å². The molecule has 0 nitrogen and oxygen atoms in total. The molecule has 0 aliphatic heterocycles. The van der Waals surface area contributed by atoms with Crippen LogP contribution in [0.2, 0.25) is 36.2 Å². The van der Waals surface area contributed by atoms with Crippen LogP contribution in [-0.4, -0.2) is 16.6 Å². The van der Waals surface area contributed by atoms with E-state index in [1.165, 1.54) is 6.42 Å². The summed E-state index contributed by atoms with van der Waals surface area (Å²) in [5.74, 6) is 10.9. The van der Waals surface area contributed by atoms with Crippen molar-refractivity contribution in [3.05, 3.63) is 22.7 Å². The van der Waals surface area contributed by atoms with Gasteiger partial charge in [0, 0.05) is 0 Å². The van der Waals surface area contributed by atoms with Gasteiger partial charge in [-0.1, -0.05) is 0 Å². The molecule has 1 aliphatic carbocycles. The molecule has 0 aromatic heterocycles. The van der Waals surface area contributed by atoms with E-state index in [0.29, 0.717) is 10.3 Å². The predicted molar refractivity (Wildman–Crippen MR) is 116 cm³/mol. The number of rotatable bonds is 3. The van der Waals surface area contributed by atoms with Crippen LogP contribution in [0.3, 0.4) is 0 Å². The summed E-state index contributed by atoms with van der Waals surface area (Å²) in [4.78, 5) is 0. The van der Waals surface area contributed by atoms with Crippen molar-refractivity contribution >= 4 is 26.2 Å². The second kappa shape index (κ2) is 5.72. The molecule has 0 aromatic rings. The number of hydrogen-bond acceptors (Lipinski definition) is 0. The first-order chi connectivity index (χ1) is 9.26. The van der Waals surface area contributed by atoms with Crippen LogP contribution in [0.1, 0.15) is 48.0 Å². The molecule has 0 saturated heterocycles. The minimum Gasteiger partial charge on any atom is -0.147 e. The SMILES string of the molecule is CC(C)(C)P(C(C)(C)C)[Si](C)(C)[Cr]([CH3])([CH3])([CH3])([CH3])[C]1=CC=CC1.Cl. The zero-order valence-corrected chi connectivity index (χ0v) is 21.7. The second-order valence-corrected chi connectivity index (χ2v) is 50.2. The van der Waals surface area contributed by atoms with Crippen molar-refractivity contribution < 1.29 is 10.3 Å². The molecule has 1 rings (SSSR count). The Bertz CT molecular complexity index is 509. The van der Waals surface area contributed by atoms with Gasteiger partial charge in [0.15, 0.2) is 0 Å². The Morgan fingerprint density at radius 1 is 0.913 bits per heavy atom. The molecular formula is C19H42ClCrPSi. The monoisotopic (exact) mass is 416 g/mol. The molecule has 23 heavy (non-hydrogen) atoms. The Labute approximate surface area is 153 Å². The van der Waals surface area contributed by atoms with Crippen LogP contribution in [0, 0.1) is 0 Å². The minimum atomic E-state index is -2.95. The Hall–Kier alpha value is 0.949. The third-order valence-corrected chi connectivity index (χ3v) is 60.6. The summed E-state index contributed by atoms with van der Waals surface area (Å²) in [6.07, 6.45) is 6.82. The third kappa shape index (κ3) is 3.88. The first kappa shape index (κ1) is 23.9. The Morgan fingerprint density at radius 2 is 1.30 bits per heavy atom. The zero-order valence-electron chi connectivity index (χ0n) is 17.7. The van der Waals surface area contributed by atoms with Gasteiger partial charge in [0.1, 0.15) is 0 Å². The van der Waals surface area contributed by atoms with Gasteiger partial charge >= 0.3 is 141 Å². The van der Waals surface area contributed by atoms with E-state index in [0.717, 1.165) is 0 Å². The van der Waals surface area contributed by atoms with Gasteiger partial charge in [-0.3, -0.25) is 0 Å². The van der Waals surface area contributed by atoms with E-state index in [1.54, 1.807) is 4.44 Å². The van der Waals surface area contributed by atoms with Crippen molar-refractivity contribution in [2.75, 3.05) is 0 Å². The van der Waals surface area contributed by atoms with Crippen LogP contribution in [0.15, 0.2) is 22.7 Å². The smallest absolute Gasteiger partial charge is 0.147 e. The number of allylic oxidation sites excluding steroid dienone is 4. The summed E-state index contributed by atoms with van der Waals surface area (Å²) >= 11 is 0. The van der Waals surface area contributed by atoms with E-state index >= 15 is 0 Å². The molecular weight excluding hydrogens is 375 g/mol. The Morgan fingerprint density at radius 3 is 1.57 bits per heavy atom. The summed E-state index contributed by atoms with van der Waals surface area (Å²) in [5.41, 5.74) is 0. The van der Waals surface area contributed by atoms with E-state index in [9.17, 15) is 0 Å². The first-order valence-corrected chi connectivity index (χ1v) is 21.2. The van der Waals surface area contributed by atoms with Crippen LogP contribution < -0.4 is 0 Å². The van der Waals surface area contributed by atoms with Gasteiger partial charge in [0.05, 0.1) is 0 Å². The topological polar surface area (TPSA) is 0 Å². The van der Waals surface area contributed by atoms with Crippen molar-refractivity contribution in [3.8, 4) is 0 Å². The largest absolute Gasteiger partial charge is 0.147 e. The van der Waals surface area contributed by atoms with E-state index in [4.69, 9.17) is 0 Å². The van der Waals surface area contributed by atoms with E-state index in [1.807, 2.05) is 0 Å². The third-order valence-electron chi connectivity index (χ3n) is 6.05. The maximum absolute atomic E-state index is 2.95. The summed E-state index contributed by atoms with van der Waals surface area (Å²) in [5, 5.41) is 0.832. The molecule has 0 radical (unpaired) electrons. The van der Waals surface area contributed by atoms with Crippen molar-refractivity contribution in [2.45, 2.75) is 94.5 Å². The molecule has 0 aromatic carbocycles. The van der Waals surface area contributed by atoms with Crippen LogP contribution in [0.25, 0.3) is 0 Å². The van der Waals surface area contributed by atoms with E-state index in [-0.39, 0.29) is 19.9 Å². The van der Waals surface area contributed by atoms with Gasteiger partial charge < -0.3 is 0 Å². The fourth-order valence-electron chi connectivity index (χ4n) is 4.46. The quantitative estimate of drug-likeness (QED) is 0.319. The van der Waals surface area contributed by atoms with Crippen molar-refractivity contribution in [3.63, 3.8) is 0 Å². The summed E-state index contributed by atoms with van der Waals surface area (Å²) in [6, 6.07) is 0. The molecule has 0 fully saturated rings. The second-order valence-electron chi connectivity index (χ2n) is 11.6. The molecule has 4 heteroatoms. The maximum Gasteiger partial charge on any atom is -0.147 e. The first-order valence-electron chi connectivity index (χ1n) is 8.43. The maximum atomic E-state index is 2.74. The van der Waals surface area contributed by atoms with Gasteiger partial charge in [0.2, 0.25) is 0 Å². The molecule has 0 bridgehead atoms. The van der Waals surface area contributed by atoms with Crippen LogP contribution in [0.5, 0.6) is 0 Å². The minimum absolute atomic E-state index is 0. The van der Waals surface area contributed by atoms with Crippen LogP contribution >= 0.6 is 19.9 Å². The van der Waals surface area contributed by atoms with Gasteiger partial charge in [0.25, 0.3) is 0 Å². The van der Waals surface area contributed by atoms with Gasteiger partial charge in [-0.2, -0.15) is 0 Å². The van der Waals surface area contributed by atoms with Gasteiger partial charge in [-0.15, -0.1) is 12.4 Å². The fraction of sp³-hybridized carbons (Fsp3) is 0.789. The van der Waals surface area contributed by atoms with Crippen molar-refractivity contribution in [1.82, 2.24) is 0 Å². The predicted octanol–water partition coefficient (Wildman–Crippen LogP) is 8.45. The molecule has 140 valence electrons. The summed E-state index contributed by atoms with van der Waals surface area (Å²) in [6.45, 7) is 20.5. The van der Waals surface area contributed by atoms with Gasteiger partial charge in [-0.05, 0) is 0 Å². The number of halogens is 1. The van der Waals surface area contributed by atoms with E-state index < -0.39 is 16.6 Å². The molecule has 0 saturated carbocycles. The van der Waals surface area contributed by atoms with Crippen LogP contribution in [-0.2, 0) is 10.3 Å². The zero-order chi connectivity index (χ0) is 17.9. The molecule has 1 aliphatic rings. The Kier molecular flexibility index (Phi) is 5.96.